The molecule has 0 bridgehead atoms. The van der Waals surface area contributed by atoms with E-state index in [1.807, 2.05) is 0 Å². The zero-order valence-electron chi connectivity index (χ0n) is 13.5. The van der Waals surface area contributed by atoms with Crippen molar-refractivity contribution in [2.75, 3.05) is 31.6 Å². The van der Waals surface area contributed by atoms with E-state index < -0.39 is 0 Å². The number of carbonyl (C=O) groups is 1. The van der Waals surface area contributed by atoms with Gasteiger partial charge in [0, 0.05) is 39.1 Å². The van der Waals surface area contributed by atoms with E-state index in [-0.39, 0.29) is 23.4 Å². The van der Waals surface area contributed by atoms with Crippen molar-refractivity contribution in [2.45, 2.75) is 12.5 Å². The van der Waals surface area contributed by atoms with Gasteiger partial charge in [-0.25, -0.2) is 4.98 Å². The van der Waals surface area contributed by atoms with Gasteiger partial charge in [0.05, 0.1) is 31.7 Å². The van der Waals surface area contributed by atoms with Crippen LogP contribution in [0, 0.1) is 0 Å². The Morgan fingerprint density at radius 2 is 2.38 bits per heavy atom. The van der Waals surface area contributed by atoms with Crippen molar-refractivity contribution in [2.24, 2.45) is 7.05 Å². The molecular formula is C16H20N4O4. The summed E-state index contributed by atoms with van der Waals surface area (Å²) in [7, 11) is 1.67. The first kappa shape index (κ1) is 16.3. The number of furan rings is 1. The lowest BCUT2D eigenvalue weighted by Crippen LogP contribution is -2.48. The molecule has 1 N–H and O–H groups in total. The summed E-state index contributed by atoms with van der Waals surface area (Å²) in [6.07, 6.45) is 6.43. The molecule has 1 fully saturated rings. The number of aryl methyl sites for hydroxylation is 1. The van der Waals surface area contributed by atoms with Crippen LogP contribution < -0.4 is 10.9 Å². The fraction of sp³-hybridized carbons (Fsp3) is 0.438. The van der Waals surface area contributed by atoms with E-state index in [2.05, 4.69) is 10.3 Å². The summed E-state index contributed by atoms with van der Waals surface area (Å²) in [6.45, 7) is 1.95. The largest absolute Gasteiger partial charge is 0.472 e. The minimum atomic E-state index is -0.193. The van der Waals surface area contributed by atoms with Crippen LogP contribution in [-0.4, -0.2) is 52.7 Å². The molecule has 2 aromatic rings. The molecule has 24 heavy (non-hydrogen) atoms. The number of aromatic nitrogens is 2. The van der Waals surface area contributed by atoms with Crippen molar-refractivity contribution in [3.8, 4) is 0 Å². The maximum absolute atomic E-state index is 12.3. The van der Waals surface area contributed by atoms with Crippen LogP contribution in [0.25, 0.3) is 0 Å². The third-order valence-electron chi connectivity index (χ3n) is 3.94. The van der Waals surface area contributed by atoms with Crippen molar-refractivity contribution in [1.29, 1.82) is 0 Å². The molecule has 0 aliphatic carbocycles. The van der Waals surface area contributed by atoms with Crippen LogP contribution in [0.3, 0.4) is 0 Å². The summed E-state index contributed by atoms with van der Waals surface area (Å²) in [5, 5.41) is 3.01. The number of morpholine rings is 1. The minimum absolute atomic E-state index is 0.0402. The van der Waals surface area contributed by atoms with Crippen molar-refractivity contribution in [3.63, 3.8) is 0 Å². The van der Waals surface area contributed by atoms with Gasteiger partial charge in [-0.05, 0) is 11.6 Å². The number of nitrogens with one attached hydrogen (secondary N) is 1. The number of carbonyl (C=O) groups excluding carboxylic acids is 1. The topological polar surface area (TPSA) is 89.6 Å². The van der Waals surface area contributed by atoms with Gasteiger partial charge in [-0.1, -0.05) is 0 Å². The predicted molar refractivity (Wildman–Crippen MR) is 86.7 cm³/mol. The zero-order valence-corrected chi connectivity index (χ0v) is 13.5. The van der Waals surface area contributed by atoms with Crippen LogP contribution in [0.15, 0.2) is 40.2 Å². The SMILES string of the molecule is Cn1ccnc(NCC2CN(C(=O)Cc3ccoc3)CCO2)c1=O. The second-order valence-corrected chi connectivity index (χ2v) is 5.71. The summed E-state index contributed by atoms with van der Waals surface area (Å²) in [6, 6.07) is 1.79. The smallest absolute Gasteiger partial charge is 0.293 e. The van der Waals surface area contributed by atoms with Crippen LogP contribution in [0.1, 0.15) is 5.56 Å². The molecule has 2 aromatic heterocycles. The molecule has 1 aliphatic rings. The third-order valence-corrected chi connectivity index (χ3v) is 3.94. The first-order valence-corrected chi connectivity index (χ1v) is 7.79. The lowest BCUT2D eigenvalue weighted by Gasteiger charge is -2.33. The number of hydrogen-bond acceptors (Lipinski definition) is 6. The molecule has 8 heteroatoms. The fourth-order valence-electron chi connectivity index (χ4n) is 2.58. The van der Waals surface area contributed by atoms with E-state index in [1.54, 1.807) is 42.9 Å². The zero-order chi connectivity index (χ0) is 16.9. The maximum atomic E-state index is 12.3. The van der Waals surface area contributed by atoms with E-state index in [4.69, 9.17) is 9.15 Å². The van der Waals surface area contributed by atoms with Crippen molar-refractivity contribution >= 4 is 11.7 Å². The summed E-state index contributed by atoms with van der Waals surface area (Å²) >= 11 is 0. The standard InChI is InChI=1S/C16H20N4O4/c1-19-4-3-17-15(16(19)22)18-9-13-10-20(5-7-24-13)14(21)8-12-2-6-23-11-12/h2-4,6,11,13H,5,7-10H2,1H3,(H,17,18). The third kappa shape index (κ3) is 3.83. The van der Waals surface area contributed by atoms with Crippen LogP contribution in [0.5, 0.6) is 0 Å². The van der Waals surface area contributed by atoms with Gasteiger partial charge in [-0.15, -0.1) is 0 Å². The Hall–Kier alpha value is -2.61. The van der Waals surface area contributed by atoms with E-state index in [0.29, 0.717) is 32.7 Å². The fourth-order valence-corrected chi connectivity index (χ4v) is 2.58. The molecule has 0 spiro atoms. The van der Waals surface area contributed by atoms with E-state index in [1.165, 1.54) is 4.57 Å². The van der Waals surface area contributed by atoms with Crippen LogP contribution in [0.4, 0.5) is 5.82 Å². The van der Waals surface area contributed by atoms with E-state index in [9.17, 15) is 9.59 Å². The summed E-state index contributed by atoms with van der Waals surface area (Å²) in [4.78, 5) is 30.1. The Morgan fingerprint density at radius 1 is 1.50 bits per heavy atom. The Balaban J connectivity index is 1.54. The number of hydrogen-bond donors (Lipinski definition) is 1. The molecule has 3 heterocycles. The number of nitrogens with zero attached hydrogens (tertiary/aromatic N) is 3. The average Bonchev–Trinajstić information content (AvgIpc) is 3.09. The number of rotatable bonds is 5. The normalized spacial score (nSPS) is 17.7. The van der Waals surface area contributed by atoms with E-state index >= 15 is 0 Å². The molecule has 1 amide bonds. The monoisotopic (exact) mass is 332 g/mol. The molecule has 1 aliphatic heterocycles. The van der Waals surface area contributed by atoms with Gasteiger partial charge in [0.15, 0.2) is 5.82 Å². The van der Waals surface area contributed by atoms with Gasteiger partial charge in [-0.2, -0.15) is 0 Å². The molecule has 1 saturated heterocycles. The highest BCUT2D eigenvalue weighted by Crippen LogP contribution is 2.10. The van der Waals surface area contributed by atoms with Gasteiger partial charge in [0.1, 0.15) is 0 Å². The highest BCUT2D eigenvalue weighted by atomic mass is 16.5. The van der Waals surface area contributed by atoms with Crippen molar-refractivity contribution in [1.82, 2.24) is 14.5 Å². The Labute approximate surface area is 139 Å². The first-order chi connectivity index (χ1) is 11.6. The molecule has 1 atom stereocenters. The van der Waals surface area contributed by atoms with Gasteiger partial charge in [-0.3, -0.25) is 9.59 Å². The van der Waals surface area contributed by atoms with Crippen LogP contribution in [0.2, 0.25) is 0 Å². The summed E-state index contributed by atoms with van der Waals surface area (Å²) < 4.78 is 12.1. The van der Waals surface area contributed by atoms with E-state index in [0.717, 1.165) is 5.56 Å². The predicted octanol–water partition coefficient (Wildman–Crippen LogP) is 0.255. The molecule has 0 radical (unpaired) electrons. The first-order valence-electron chi connectivity index (χ1n) is 7.79. The minimum Gasteiger partial charge on any atom is -0.472 e. The van der Waals surface area contributed by atoms with Crippen LogP contribution >= 0.6 is 0 Å². The number of ether oxygens (including phenoxy) is 1. The Bertz CT molecular complexity index is 741. The van der Waals surface area contributed by atoms with Gasteiger partial charge in [0.25, 0.3) is 5.56 Å². The number of amides is 1. The lowest BCUT2D eigenvalue weighted by molar-refractivity contribution is -0.137. The van der Waals surface area contributed by atoms with Gasteiger partial charge >= 0.3 is 0 Å². The quantitative estimate of drug-likeness (QED) is 0.844. The lowest BCUT2D eigenvalue weighted by atomic mass is 10.2. The highest BCUT2D eigenvalue weighted by Gasteiger charge is 2.24. The molecule has 3 rings (SSSR count). The Kier molecular flexibility index (Phi) is 4.95. The molecule has 128 valence electrons. The highest BCUT2D eigenvalue weighted by molar-refractivity contribution is 5.78. The van der Waals surface area contributed by atoms with Gasteiger partial charge in [0.2, 0.25) is 5.91 Å². The second-order valence-electron chi connectivity index (χ2n) is 5.71. The van der Waals surface area contributed by atoms with Crippen molar-refractivity contribution in [3.05, 3.63) is 46.9 Å². The molecule has 0 saturated carbocycles. The molecule has 8 nitrogen and oxygen atoms in total. The molecule has 0 aromatic carbocycles. The Morgan fingerprint density at radius 3 is 3.17 bits per heavy atom. The maximum Gasteiger partial charge on any atom is 0.293 e. The van der Waals surface area contributed by atoms with Crippen LogP contribution in [-0.2, 0) is 23.0 Å². The van der Waals surface area contributed by atoms with Gasteiger partial charge < -0.3 is 23.9 Å². The summed E-state index contributed by atoms with van der Waals surface area (Å²) in [5.74, 6) is 0.323. The molecular weight excluding hydrogens is 312 g/mol. The van der Waals surface area contributed by atoms with Crippen molar-refractivity contribution < 1.29 is 13.9 Å². The summed E-state index contributed by atoms with van der Waals surface area (Å²) in [5.41, 5.74) is 0.666. The number of anilines is 1. The second kappa shape index (κ2) is 7.31. The average molecular weight is 332 g/mol. The molecule has 1 unspecified atom stereocenters.